The first-order valence-corrected chi connectivity index (χ1v) is 13.7. The summed E-state index contributed by atoms with van der Waals surface area (Å²) >= 11 is 0. The lowest BCUT2D eigenvalue weighted by Gasteiger charge is -2.29. The highest BCUT2D eigenvalue weighted by Crippen LogP contribution is 2.25. The molecule has 12 heteroatoms. The van der Waals surface area contributed by atoms with Gasteiger partial charge >= 0.3 is 0 Å². The van der Waals surface area contributed by atoms with Crippen LogP contribution in [0.15, 0.2) is 64.4 Å². The topological polar surface area (TPSA) is 133 Å². The number of nitrogens with zero attached hydrogens (tertiary/aromatic N) is 5. The molecular weight excluding hydrogens is 509 g/mol. The second-order valence-corrected chi connectivity index (χ2v) is 10.9. The van der Waals surface area contributed by atoms with Gasteiger partial charge in [0.1, 0.15) is 23.1 Å². The van der Waals surface area contributed by atoms with E-state index in [4.69, 9.17) is 0 Å². The van der Waals surface area contributed by atoms with Crippen molar-refractivity contribution in [2.24, 2.45) is 0 Å². The summed E-state index contributed by atoms with van der Waals surface area (Å²) in [5, 5.41) is 16.1. The number of anilines is 3. The number of sulfone groups is 1. The summed E-state index contributed by atoms with van der Waals surface area (Å²) in [6.07, 6.45) is 2.55. The summed E-state index contributed by atoms with van der Waals surface area (Å²) in [6.45, 7) is 2.87. The molecule has 0 saturated carbocycles. The second kappa shape index (κ2) is 10.2. The molecule has 194 valence electrons. The number of hydrogen-bond acceptors (Lipinski definition) is 9. The Morgan fingerprint density at radius 2 is 1.92 bits per heavy atom. The largest absolute Gasteiger partial charge is 0.367 e. The van der Waals surface area contributed by atoms with E-state index >= 15 is 0 Å². The molecule has 2 aromatic carbocycles. The predicted octanol–water partition coefficient (Wildman–Crippen LogP) is 2.41. The molecule has 38 heavy (non-hydrogen) atoms. The van der Waals surface area contributed by atoms with Gasteiger partial charge in [-0.3, -0.25) is 9.36 Å². The molecule has 10 nitrogen and oxygen atoms in total. The molecule has 0 radical (unpaired) electrons. The summed E-state index contributed by atoms with van der Waals surface area (Å²) in [5.74, 6) is -0.272. The maximum absolute atomic E-state index is 14.9. The van der Waals surface area contributed by atoms with Crippen molar-refractivity contribution in [2.75, 3.05) is 42.7 Å². The molecule has 1 saturated heterocycles. The standard InChI is InChI=1S/C26H24FN7O3S/c1-38(36,37)23-5-3-2-4-17(23)16-34-24-19(12-18(14-28)25(34)35)15-30-26(32-24)31-20-6-7-22(21(27)13-20)33-10-8-29-9-11-33/h2-7,12-13,15,29H,8-11,16H2,1H3,(H,30,31,32). The van der Waals surface area contributed by atoms with Crippen molar-refractivity contribution in [3.05, 3.63) is 82.0 Å². The molecule has 0 atom stereocenters. The number of piperazine rings is 1. The molecule has 3 heterocycles. The maximum atomic E-state index is 14.9. The van der Waals surface area contributed by atoms with Gasteiger partial charge in [-0.2, -0.15) is 10.2 Å². The van der Waals surface area contributed by atoms with Crippen LogP contribution in [0, 0.1) is 17.1 Å². The fraction of sp³-hybridized carbons (Fsp3) is 0.231. The van der Waals surface area contributed by atoms with Crippen LogP contribution in [0.2, 0.25) is 0 Å². The molecule has 1 aliphatic heterocycles. The number of fused-ring (bicyclic) bond motifs is 1. The Morgan fingerprint density at radius 3 is 2.63 bits per heavy atom. The van der Waals surface area contributed by atoms with Gasteiger partial charge in [0.2, 0.25) is 5.95 Å². The molecule has 5 rings (SSSR count). The molecule has 0 amide bonds. The van der Waals surface area contributed by atoms with E-state index < -0.39 is 15.4 Å². The van der Waals surface area contributed by atoms with Crippen molar-refractivity contribution in [3.63, 3.8) is 0 Å². The van der Waals surface area contributed by atoms with E-state index in [1.165, 1.54) is 29.0 Å². The highest BCUT2D eigenvalue weighted by molar-refractivity contribution is 7.90. The fourth-order valence-corrected chi connectivity index (χ4v) is 5.42. The van der Waals surface area contributed by atoms with E-state index in [0.717, 1.165) is 19.3 Å². The van der Waals surface area contributed by atoms with Crippen LogP contribution in [0.25, 0.3) is 11.0 Å². The summed E-state index contributed by atoms with van der Waals surface area (Å²) in [5.41, 5.74) is 0.785. The first-order chi connectivity index (χ1) is 18.2. The van der Waals surface area contributed by atoms with Crippen LogP contribution in [0.1, 0.15) is 11.1 Å². The van der Waals surface area contributed by atoms with Crippen molar-refractivity contribution in [1.82, 2.24) is 19.9 Å². The minimum atomic E-state index is -3.57. The molecule has 0 unspecified atom stereocenters. The van der Waals surface area contributed by atoms with Gasteiger partial charge in [0.25, 0.3) is 5.56 Å². The monoisotopic (exact) mass is 533 g/mol. The van der Waals surface area contributed by atoms with E-state index in [1.54, 1.807) is 30.3 Å². The molecule has 0 bridgehead atoms. The maximum Gasteiger partial charge on any atom is 0.270 e. The Bertz CT molecular complexity index is 1740. The SMILES string of the molecule is CS(=O)(=O)c1ccccc1Cn1c(=O)c(C#N)cc2cnc(Nc3ccc(N4CCNCC4)c(F)c3)nc21. The van der Waals surface area contributed by atoms with Crippen LogP contribution < -0.4 is 21.1 Å². The molecule has 0 aliphatic carbocycles. The number of hydrogen-bond donors (Lipinski definition) is 2. The van der Waals surface area contributed by atoms with Crippen LogP contribution in [0.3, 0.4) is 0 Å². The van der Waals surface area contributed by atoms with E-state index in [9.17, 15) is 22.9 Å². The molecule has 4 aromatic rings. The zero-order chi connectivity index (χ0) is 26.9. The number of pyridine rings is 1. The summed E-state index contributed by atoms with van der Waals surface area (Å²) < 4.78 is 40.8. The van der Waals surface area contributed by atoms with Gasteiger partial charge in [0.05, 0.1) is 17.1 Å². The average Bonchev–Trinajstić information content (AvgIpc) is 2.90. The molecule has 2 aromatic heterocycles. The van der Waals surface area contributed by atoms with Crippen molar-refractivity contribution < 1.29 is 12.8 Å². The van der Waals surface area contributed by atoms with Gasteiger partial charge in [0.15, 0.2) is 9.84 Å². The molecule has 2 N–H and O–H groups in total. The molecular formula is C26H24FN7O3S. The lowest BCUT2D eigenvalue weighted by molar-refractivity contribution is 0.566. The first kappa shape index (κ1) is 25.3. The smallest absolute Gasteiger partial charge is 0.270 e. The van der Waals surface area contributed by atoms with Crippen LogP contribution in [-0.2, 0) is 16.4 Å². The summed E-state index contributed by atoms with van der Waals surface area (Å²) in [4.78, 5) is 23.9. The third-order valence-corrected chi connectivity index (χ3v) is 7.51. The quantitative estimate of drug-likeness (QED) is 0.383. The van der Waals surface area contributed by atoms with Crippen molar-refractivity contribution >= 4 is 38.2 Å². The van der Waals surface area contributed by atoms with Crippen LogP contribution in [0.4, 0.5) is 21.7 Å². The number of nitrogens with one attached hydrogen (secondary N) is 2. The Balaban J connectivity index is 1.53. The van der Waals surface area contributed by atoms with Crippen LogP contribution in [-0.4, -0.2) is 55.4 Å². The van der Waals surface area contributed by atoms with Gasteiger partial charge in [-0.15, -0.1) is 0 Å². The van der Waals surface area contributed by atoms with Gasteiger partial charge in [-0.1, -0.05) is 18.2 Å². The third kappa shape index (κ3) is 5.06. The Morgan fingerprint density at radius 1 is 1.16 bits per heavy atom. The molecule has 0 spiro atoms. The third-order valence-electron chi connectivity index (χ3n) is 6.31. The highest BCUT2D eigenvalue weighted by Gasteiger charge is 2.18. The van der Waals surface area contributed by atoms with E-state index in [2.05, 4.69) is 20.6 Å². The number of benzene rings is 2. The zero-order valence-electron chi connectivity index (χ0n) is 20.5. The summed E-state index contributed by atoms with van der Waals surface area (Å²) in [6, 6.07) is 14.4. The minimum absolute atomic E-state index is 0.0786. The van der Waals surface area contributed by atoms with Gasteiger partial charge in [-0.05, 0) is 35.9 Å². The van der Waals surface area contributed by atoms with E-state index in [-0.39, 0.29) is 34.4 Å². The zero-order valence-corrected chi connectivity index (χ0v) is 21.3. The number of halogens is 1. The van der Waals surface area contributed by atoms with Gasteiger partial charge in [-0.25, -0.2) is 17.8 Å². The normalized spacial score (nSPS) is 13.9. The van der Waals surface area contributed by atoms with Crippen molar-refractivity contribution in [1.29, 1.82) is 5.26 Å². The van der Waals surface area contributed by atoms with Crippen LogP contribution >= 0.6 is 0 Å². The predicted molar refractivity (Wildman–Crippen MR) is 142 cm³/mol. The minimum Gasteiger partial charge on any atom is -0.367 e. The van der Waals surface area contributed by atoms with E-state index in [1.807, 2.05) is 11.0 Å². The summed E-state index contributed by atoms with van der Waals surface area (Å²) in [7, 11) is -3.57. The lowest BCUT2D eigenvalue weighted by Crippen LogP contribution is -2.43. The van der Waals surface area contributed by atoms with Gasteiger partial charge in [0, 0.05) is 49.7 Å². The number of aromatic nitrogens is 3. The van der Waals surface area contributed by atoms with Gasteiger partial charge < -0.3 is 15.5 Å². The lowest BCUT2D eigenvalue weighted by atomic mass is 10.2. The number of rotatable bonds is 6. The molecule has 1 aliphatic rings. The van der Waals surface area contributed by atoms with Crippen LogP contribution in [0.5, 0.6) is 0 Å². The second-order valence-electron chi connectivity index (χ2n) is 8.94. The Kier molecular flexibility index (Phi) is 6.79. The highest BCUT2D eigenvalue weighted by atomic mass is 32.2. The van der Waals surface area contributed by atoms with Crippen molar-refractivity contribution in [2.45, 2.75) is 11.4 Å². The Labute approximate surface area is 218 Å². The first-order valence-electron chi connectivity index (χ1n) is 11.9. The van der Waals surface area contributed by atoms with E-state index in [0.29, 0.717) is 35.4 Å². The number of nitriles is 1. The molecule has 1 fully saturated rings. The fourth-order valence-electron chi connectivity index (χ4n) is 4.49. The average molecular weight is 534 g/mol. The van der Waals surface area contributed by atoms with Crippen molar-refractivity contribution in [3.8, 4) is 6.07 Å². The Hall–Kier alpha value is -4.34.